The lowest BCUT2D eigenvalue weighted by molar-refractivity contribution is -0.142. The molecule has 132 valence electrons. The van der Waals surface area contributed by atoms with Crippen LogP contribution < -0.4 is 0 Å². The monoisotopic (exact) mass is 351 g/mol. The molecule has 1 saturated carbocycles. The molecule has 7 heteroatoms. The second-order valence-electron chi connectivity index (χ2n) is 6.87. The van der Waals surface area contributed by atoms with Crippen LogP contribution in [0.3, 0.4) is 0 Å². The summed E-state index contributed by atoms with van der Waals surface area (Å²) < 4.78 is 25.3. The van der Waals surface area contributed by atoms with Crippen LogP contribution in [0.15, 0.2) is 24.5 Å². The van der Waals surface area contributed by atoms with Gasteiger partial charge in [-0.3, -0.25) is 9.78 Å². The largest absolute Gasteiger partial charge is 0.334 e. The molecule has 0 radical (unpaired) electrons. The number of sulfonamides is 1. The van der Waals surface area contributed by atoms with E-state index < -0.39 is 10.0 Å². The normalized spacial score (nSPS) is 22.8. The third-order valence-electron chi connectivity index (χ3n) is 5.08. The fourth-order valence-electron chi connectivity index (χ4n) is 3.44. The molecule has 24 heavy (non-hydrogen) atoms. The summed E-state index contributed by atoms with van der Waals surface area (Å²) in [4.78, 5) is 19.0. The van der Waals surface area contributed by atoms with E-state index in [-0.39, 0.29) is 17.9 Å². The van der Waals surface area contributed by atoms with Gasteiger partial charge in [-0.2, -0.15) is 0 Å². The van der Waals surface area contributed by atoms with E-state index in [1.165, 1.54) is 10.6 Å². The Balaban J connectivity index is 1.79. The van der Waals surface area contributed by atoms with Crippen LogP contribution in [0, 0.1) is 5.92 Å². The summed E-state index contributed by atoms with van der Waals surface area (Å²) in [5, 5.41) is 0. The first-order chi connectivity index (χ1) is 11.4. The van der Waals surface area contributed by atoms with Crippen molar-refractivity contribution >= 4 is 15.9 Å². The first-order valence-corrected chi connectivity index (χ1v) is 10.4. The lowest BCUT2D eigenvalue weighted by atomic mass is 9.83. The zero-order valence-electron chi connectivity index (χ0n) is 14.1. The molecule has 0 spiro atoms. The van der Waals surface area contributed by atoms with E-state index in [1.807, 2.05) is 17.0 Å². The summed E-state index contributed by atoms with van der Waals surface area (Å²) in [6, 6.07) is 3.78. The van der Waals surface area contributed by atoms with Crippen LogP contribution in [0.5, 0.6) is 0 Å². The van der Waals surface area contributed by atoms with Crippen molar-refractivity contribution in [2.45, 2.75) is 44.7 Å². The number of carbonyl (C=O) groups is 1. The molecule has 1 atom stereocenters. The predicted molar refractivity (Wildman–Crippen MR) is 91.6 cm³/mol. The lowest BCUT2D eigenvalue weighted by Gasteiger charge is -2.41. The highest BCUT2D eigenvalue weighted by molar-refractivity contribution is 7.88. The van der Waals surface area contributed by atoms with Gasteiger partial charge in [0, 0.05) is 44.0 Å². The molecule has 0 aromatic carbocycles. The fourth-order valence-corrected chi connectivity index (χ4v) is 4.35. The summed E-state index contributed by atoms with van der Waals surface area (Å²) in [6.07, 6.45) is 9.39. The Hall–Kier alpha value is -1.47. The molecule has 0 bridgehead atoms. The topological polar surface area (TPSA) is 70.6 Å². The van der Waals surface area contributed by atoms with Gasteiger partial charge in [-0.1, -0.05) is 12.5 Å². The van der Waals surface area contributed by atoms with Crippen LogP contribution in [-0.2, 0) is 21.4 Å². The highest BCUT2D eigenvalue weighted by atomic mass is 32.2. The number of hydrogen-bond donors (Lipinski definition) is 0. The van der Waals surface area contributed by atoms with E-state index in [0.717, 1.165) is 37.7 Å². The highest BCUT2D eigenvalue weighted by Gasteiger charge is 2.36. The average molecular weight is 351 g/mol. The molecule has 3 rings (SSSR count). The van der Waals surface area contributed by atoms with E-state index >= 15 is 0 Å². The molecule has 2 heterocycles. The molecule has 1 amide bonds. The number of aromatic nitrogens is 1. The van der Waals surface area contributed by atoms with Gasteiger partial charge < -0.3 is 4.90 Å². The van der Waals surface area contributed by atoms with Crippen LogP contribution in [0.2, 0.25) is 0 Å². The smallest absolute Gasteiger partial charge is 0.226 e. The Labute approximate surface area is 143 Å². The highest BCUT2D eigenvalue weighted by Crippen LogP contribution is 2.31. The standard InChI is InChI=1S/C17H25N3O3S/c1-24(22,23)19-10-4-8-16(13-19)20(17(21)15-6-2-7-15)12-14-5-3-9-18-11-14/h3,5,9,11,15-16H,2,4,6-8,10,12-13H2,1H3. The molecule has 1 aromatic rings. The molecule has 1 aliphatic heterocycles. The van der Waals surface area contributed by atoms with Crippen LogP contribution in [0.1, 0.15) is 37.7 Å². The number of piperidine rings is 1. The molecule has 2 fully saturated rings. The number of rotatable bonds is 5. The Morgan fingerprint density at radius 3 is 2.71 bits per heavy atom. The van der Waals surface area contributed by atoms with Gasteiger partial charge in [0.25, 0.3) is 0 Å². The summed E-state index contributed by atoms with van der Waals surface area (Å²) >= 11 is 0. The van der Waals surface area contributed by atoms with Crippen LogP contribution in [0.25, 0.3) is 0 Å². The molecule has 1 aromatic heterocycles. The van der Waals surface area contributed by atoms with Crippen LogP contribution in [-0.4, -0.2) is 53.9 Å². The fraction of sp³-hybridized carbons (Fsp3) is 0.647. The molecule has 6 nitrogen and oxygen atoms in total. The van der Waals surface area contributed by atoms with Crippen LogP contribution in [0.4, 0.5) is 0 Å². The zero-order valence-corrected chi connectivity index (χ0v) is 14.9. The van der Waals surface area contributed by atoms with Crippen molar-refractivity contribution < 1.29 is 13.2 Å². The summed E-state index contributed by atoms with van der Waals surface area (Å²) in [6.45, 7) is 1.46. The maximum atomic E-state index is 12.9. The maximum absolute atomic E-state index is 12.9. The molecular formula is C17H25N3O3S. The van der Waals surface area contributed by atoms with Gasteiger partial charge >= 0.3 is 0 Å². The van der Waals surface area contributed by atoms with Gasteiger partial charge in [-0.05, 0) is 37.3 Å². The number of hydrogen-bond acceptors (Lipinski definition) is 4. The Kier molecular flexibility index (Phi) is 5.20. The third kappa shape index (κ3) is 3.95. The second kappa shape index (κ2) is 7.19. The Bertz CT molecular complexity index is 674. The van der Waals surface area contributed by atoms with E-state index in [1.54, 1.807) is 12.4 Å². The molecule has 1 unspecified atom stereocenters. The van der Waals surface area contributed by atoms with E-state index in [9.17, 15) is 13.2 Å². The Morgan fingerprint density at radius 2 is 2.12 bits per heavy atom. The van der Waals surface area contributed by atoms with Crippen molar-refractivity contribution in [1.82, 2.24) is 14.2 Å². The minimum absolute atomic E-state index is 0.0539. The lowest BCUT2D eigenvalue weighted by Crippen LogP contribution is -2.53. The number of amides is 1. The Morgan fingerprint density at radius 1 is 1.33 bits per heavy atom. The van der Waals surface area contributed by atoms with Crippen molar-refractivity contribution in [3.05, 3.63) is 30.1 Å². The van der Waals surface area contributed by atoms with Gasteiger partial charge in [-0.15, -0.1) is 0 Å². The van der Waals surface area contributed by atoms with Crippen LogP contribution >= 0.6 is 0 Å². The minimum atomic E-state index is -3.22. The number of pyridine rings is 1. The molecular weight excluding hydrogens is 326 g/mol. The van der Waals surface area contributed by atoms with E-state index in [2.05, 4.69) is 4.98 Å². The van der Waals surface area contributed by atoms with E-state index in [0.29, 0.717) is 19.6 Å². The first-order valence-electron chi connectivity index (χ1n) is 8.59. The van der Waals surface area contributed by atoms with Gasteiger partial charge in [0.2, 0.25) is 15.9 Å². The first kappa shape index (κ1) is 17.4. The van der Waals surface area contributed by atoms with E-state index in [4.69, 9.17) is 0 Å². The summed E-state index contributed by atoms with van der Waals surface area (Å²) in [7, 11) is -3.22. The van der Waals surface area contributed by atoms with Crippen molar-refractivity contribution in [1.29, 1.82) is 0 Å². The molecule has 1 saturated heterocycles. The SMILES string of the molecule is CS(=O)(=O)N1CCCC(N(Cc2cccnc2)C(=O)C2CCC2)C1. The number of nitrogens with zero attached hydrogens (tertiary/aromatic N) is 3. The molecule has 0 N–H and O–H groups in total. The minimum Gasteiger partial charge on any atom is -0.334 e. The maximum Gasteiger partial charge on any atom is 0.226 e. The van der Waals surface area contributed by atoms with Gasteiger partial charge in [-0.25, -0.2) is 12.7 Å². The quantitative estimate of drug-likeness (QED) is 0.808. The van der Waals surface area contributed by atoms with Gasteiger partial charge in [0.05, 0.1) is 6.26 Å². The third-order valence-corrected chi connectivity index (χ3v) is 6.35. The molecule has 2 aliphatic rings. The summed E-state index contributed by atoms with van der Waals surface area (Å²) in [5.41, 5.74) is 0.988. The average Bonchev–Trinajstić information content (AvgIpc) is 2.51. The molecule has 1 aliphatic carbocycles. The van der Waals surface area contributed by atoms with Crippen molar-refractivity contribution in [3.8, 4) is 0 Å². The summed E-state index contributed by atoms with van der Waals surface area (Å²) in [5.74, 6) is 0.278. The predicted octanol–water partition coefficient (Wildman–Crippen LogP) is 1.63. The second-order valence-corrected chi connectivity index (χ2v) is 8.85. The van der Waals surface area contributed by atoms with Gasteiger partial charge in [0.1, 0.15) is 0 Å². The van der Waals surface area contributed by atoms with Crippen molar-refractivity contribution in [2.24, 2.45) is 5.92 Å². The zero-order chi connectivity index (χ0) is 17.2. The number of carbonyl (C=O) groups excluding carboxylic acids is 1. The van der Waals surface area contributed by atoms with Crippen molar-refractivity contribution in [2.75, 3.05) is 19.3 Å². The van der Waals surface area contributed by atoms with Crippen molar-refractivity contribution in [3.63, 3.8) is 0 Å². The van der Waals surface area contributed by atoms with Gasteiger partial charge in [0.15, 0.2) is 0 Å².